The van der Waals surface area contributed by atoms with E-state index in [-0.39, 0.29) is 0 Å². The second-order valence-electron chi connectivity index (χ2n) is 2.60. The molecule has 0 heterocycles. The molecule has 16 heavy (non-hydrogen) atoms. The van der Waals surface area contributed by atoms with Gasteiger partial charge in [-0.15, -0.1) is 33.2 Å². The van der Waals surface area contributed by atoms with Crippen molar-refractivity contribution in [2.45, 2.75) is 23.8 Å². The van der Waals surface area contributed by atoms with Crippen LogP contribution in [-0.2, 0) is 0 Å². The molecule has 1 atom stereocenters. The van der Waals surface area contributed by atoms with Gasteiger partial charge < -0.3 is 0 Å². The highest BCUT2D eigenvalue weighted by molar-refractivity contribution is 7.65. The highest BCUT2D eigenvalue weighted by Gasteiger charge is 2.77. The van der Waals surface area contributed by atoms with Crippen molar-refractivity contribution in [3.8, 4) is 0 Å². The van der Waals surface area contributed by atoms with E-state index >= 15 is 0 Å². The molecule has 0 saturated carbocycles. The van der Waals surface area contributed by atoms with Gasteiger partial charge >= 0.3 is 23.6 Å². The minimum Gasteiger partial charge on any atom is -0.230 e. The van der Waals surface area contributed by atoms with Gasteiger partial charge in [0.2, 0.25) is 0 Å². The van der Waals surface area contributed by atoms with Crippen molar-refractivity contribution < 1.29 is 35.1 Å². The van der Waals surface area contributed by atoms with Crippen LogP contribution >= 0.6 is 33.2 Å². The monoisotopic (exact) mass is 334 g/mol. The summed E-state index contributed by atoms with van der Waals surface area (Å²) in [4.78, 5) is 0. The van der Waals surface area contributed by atoms with Crippen LogP contribution < -0.4 is 0 Å². The highest BCUT2D eigenvalue weighted by Crippen LogP contribution is 2.52. The predicted molar refractivity (Wildman–Crippen MR) is 44.2 cm³/mol. The van der Waals surface area contributed by atoms with Gasteiger partial charge in [-0.25, -0.2) is 4.39 Å². The van der Waals surface area contributed by atoms with E-state index < -0.39 is 29.8 Å². The Morgan fingerprint density at radius 3 is 1.31 bits per heavy atom. The fourth-order valence-corrected chi connectivity index (χ4v) is 2.19. The topological polar surface area (TPSA) is 0 Å². The maximum absolute atomic E-state index is 12.7. The second-order valence-corrected chi connectivity index (χ2v) is 11.1. The zero-order valence-corrected chi connectivity index (χ0v) is 10.0. The number of alkyl halides is 8. The lowest BCUT2D eigenvalue weighted by Gasteiger charge is -2.32. The lowest BCUT2D eigenvalue weighted by Crippen LogP contribution is -2.61. The van der Waals surface area contributed by atoms with E-state index in [1.807, 2.05) is 0 Å². The summed E-state index contributed by atoms with van der Waals surface area (Å²) in [6.45, 7) is 0. The SMILES string of the molecule is FC(C(F)(F)F)C(F)(F)C(F)(F)[Si](Cl)(Cl)Cl. The third-order valence-electron chi connectivity index (χ3n) is 1.38. The molecule has 0 bridgehead atoms. The van der Waals surface area contributed by atoms with Crippen LogP contribution in [0.25, 0.3) is 0 Å². The molecule has 0 saturated heterocycles. The van der Waals surface area contributed by atoms with Gasteiger partial charge in [0.05, 0.1) is 0 Å². The van der Waals surface area contributed by atoms with Crippen molar-refractivity contribution in [1.82, 2.24) is 0 Å². The minimum absolute atomic E-state index is 4.51. The Bertz CT molecular complexity index is 257. The Morgan fingerprint density at radius 1 is 0.812 bits per heavy atom. The molecule has 0 fully saturated rings. The van der Waals surface area contributed by atoms with E-state index in [2.05, 4.69) is 33.2 Å². The Labute approximate surface area is 98.6 Å². The van der Waals surface area contributed by atoms with Gasteiger partial charge in [0.25, 0.3) is 6.17 Å². The minimum atomic E-state index is -6.18. The fraction of sp³-hybridized carbons (Fsp3) is 1.00. The molecule has 0 aliphatic rings. The maximum Gasteiger partial charge on any atom is 0.425 e. The van der Waals surface area contributed by atoms with Gasteiger partial charge in [-0.1, -0.05) is 0 Å². The van der Waals surface area contributed by atoms with Gasteiger partial charge in [0.1, 0.15) is 0 Å². The van der Waals surface area contributed by atoms with Crippen LogP contribution in [0.5, 0.6) is 0 Å². The van der Waals surface area contributed by atoms with Crippen molar-refractivity contribution in [3.05, 3.63) is 0 Å². The van der Waals surface area contributed by atoms with E-state index in [0.29, 0.717) is 0 Å². The third-order valence-corrected chi connectivity index (χ3v) is 4.56. The van der Waals surface area contributed by atoms with Crippen LogP contribution in [0.4, 0.5) is 35.1 Å². The molecule has 0 aromatic rings. The normalized spacial score (nSPS) is 17.4. The average Bonchev–Trinajstić information content (AvgIpc) is 1.98. The Morgan fingerprint density at radius 2 is 1.12 bits per heavy atom. The second kappa shape index (κ2) is 4.32. The number of halogens is 11. The van der Waals surface area contributed by atoms with Gasteiger partial charge in [0, 0.05) is 0 Å². The molecule has 98 valence electrons. The molecule has 0 nitrogen and oxygen atoms in total. The standard InChI is InChI=1S/C4HCl3F8Si/c5-16(6,7)4(14,15)2(9,10)1(8)3(11,12)13/h1H. The molecule has 1 unspecified atom stereocenters. The van der Waals surface area contributed by atoms with Crippen molar-refractivity contribution in [2.75, 3.05) is 0 Å². The van der Waals surface area contributed by atoms with Crippen LogP contribution in [0.2, 0.25) is 0 Å². The van der Waals surface area contributed by atoms with E-state index in [0.717, 1.165) is 0 Å². The van der Waals surface area contributed by atoms with Crippen molar-refractivity contribution in [2.24, 2.45) is 0 Å². The van der Waals surface area contributed by atoms with Crippen LogP contribution in [0.3, 0.4) is 0 Å². The summed E-state index contributed by atoms with van der Waals surface area (Å²) in [6, 6.07) is -5.57. The summed E-state index contributed by atoms with van der Waals surface area (Å²) >= 11 is 13.5. The predicted octanol–water partition coefficient (Wildman–Crippen LogP) is 4.35. The van der Waals surface area contributed by atoms with Crippen molar-refractivity contribution in [3.63, 3.8) is 0 Å². The van der Waals surface area contributed by atoms with Crippen LogP contribution in [0, 0.1) is 0 Å². The van der Waals surface area contributed by atoms with Crippen LogP contribution in [0.1, 0.15) is 0 Å². The number of rotatable bonds is 3. The number of hydrogen-bond donors (Lipinski definition) is 0. The summed E-state index contributed by atoms with van der Waals surface area (Å²) in [6.07, 6.45) is -11.3. The summed E-state index contributed by atoms with van der Waals surface area (Å²) in [5.41, 5.74) is -5.68. The average molecular weight is 335 g/mol. The first kappa shape index (κ1) is 16.5. The Hall–Kier alpha value is 0.527. The van der Waals surface area contributed by atoms with E-state index in [9.17, 15) is 35.1 Å². The highest BCUT2D eigenvalue weighted by atomic mass is 35.8. The van der Waals surface area contributed by atoms with Gasteiger partial charge in [-0.2, -0.15) is 30.7 Å². The summed E-state index contributed by atoms with van der Waals surface area (Å²) < 4.78 is 97.3. The Kier molecular flexibility index (Phi) is 4.47. The van der Waals surface area contributed by atoms with Gasteiger partial charge in [0.15, 0.2) is 0 Å². The quantitative estimate of drug-likeness (QED) is 0.409. The first-order valence-corrected chi connectivity index (χ1v) is 8.22. The largest absolute Gasteiger partial charge is 0.425 e. The van der Waals surface area contributed by atoms with E-state index in [1.54, 1.807) is 0 Å². The lowest BCUT2D eigenvalue weighted by molar-refractivity contribution is -0.285. The van der Waals surface area contributed by atoms with Gasteiger partial charge in [-0.05, 0) is 0 Å². The van der Waals surface area contributed by atoms with Crippen LogP contribution in [0.15, 0.2) is 0 Å². The first-order chi connectivity index (χ1) is 6.65. The molecule has 0 aliphatic heterocycles. The van der Waals surface area contributed by atoms with E-state index in [4.69, 9.17) is 0 Å². The lowest BCUT2D eigenvalue weighted by atomic mass is 10.2. The molecule has 12 heteroatoms. The molecular formula is C4HCl3F8Si. The molecule has 0 N–H and O–H groups in total. The molecule has 0 radical (unpaired) electrons. The summed E-state index contributed by atoms with van der Waals surface area (Å²) in [5.74, 6) is -6.14. The Balaban J connectivity index is 5.37. The fourth-order valence-electron chi connectivity index (χ4n) is 0.554. The molecule has 0 aromatic carbocycles. The maximum atomic E-state index is 12.7. The zero-order chi connectivity index (χ0) is 13.6. The molecular weight excluding hydrogens is 334 g/mol. The molecule has 0 rings (SSSR count). The summed E-state index contributed by atoms with van der Waals surface area (Å²) in [7, 11) is 0. The van der Waals surface area contributed by atoms with Crippen molar-refractivity contribution in [1.29, 1.82) is 0 Å². The van der Waals surface area contributed by atoms with Crippen molar-refractivity contribution >= 4 is 39.2 Å². The zero-order valence-electron chi connectivity index (χ0n) is 6.73. The third kappa shape index (κ3) is 2.85. The van der Waals surface area contributed by atoms with E-state index in [1.165, 1.54) is 0 Å². The smallest absolute Gasteiger partial charge is 0.230 e. The molecule has 0 aliphatic carbocycles. The molecule has 0 aromatic heterocycles. The van der Waals surface area contributed by atoms with Gasteiger partial charge in [-0.3, -0.25) is 0 Å². The molecule has 0 spiro atoms. The summed E-state index contributed by atoms with van der Waals surface area (Å²) in [5, 5.41) is 0. The number of hydrogen-bond acceptors (Lipinski definition) is 0. The first-order valence-electron chi connectivity index (χ1n) is 3.19. The van der Waals surface area contributed by atoms with Crippen LogP contribution in [-0.4, -0.2) is 29.8 Å². The molecule has 0 amide bonds.